The van der Waals surface area contributed by atoms with E-state index in [1.807, 2.05) is 0 Å². The average Bonchev–Trinajstić information content (AvgIpc) is 3.22. The third-order valence-electron chi connectivity index (χ3n) is 6.23. The van der Waals surface area contributed by atoms with Crippen molar-refractivity contribution >= 4 is 29.3 Å². The van der Waals surface area contributed by atoms with E-state index in [0.29, 0.717) is 11.3 Å². The molecule has 3 atom stereocenters. The smallest absolute Gasteiger partial charge is 0.337 e. The maximum absolute atomic E-state index is 13.3. The van der Waals surface area contributed by atoms with E-state index >= 15 is 0 Å². The molecule has 0 aromatic heterocycles. The van der Waals surface area contributed by atoms with Gasteiger partial charge in [0.1, 0.15) is 12.4 Å². The van der Waals surface area contributed by atoms with Gasteiger partial charge in [0.05, 0.1) is 24.8 Å². The lowest BCUT2D eigenvalue weighted by Gasteiger charge is -2.51. The number of carbonyl (C=O) groups is 3. The van der Waals surface area contributed by atoms with Crippen molar-refractivity contribution in [1.29, 1.82) is 0 Å². The molecule has 1 aromatic carbocycles. The maximum Gasteiger partial charge on any atom is 0.337 e. The number of hydrogen-bond acceptors (Lipinski definition) is 7. The van der Waals surface area contributed by atoms with E-state index in [1.54, 1.807) is 29.2 Å². The number of nitrogens with zero attached hydrogens (tertiary/aromatic N) is 3. The zero-order valence-electron chi connectivity index (χ0n) is 18.1. The minimum atomic E-state index is -0.538. The highest BCUT2D eigenvalue weighted by molar-refractivity contribution is 5.99. The van der Waals surface area contributed by atoms with Crippen molar-refractivity contribution in [1.82, 2.24) is 15.2 Å². The topological polar surface area (TPSA) is 103 Å². The normalized spacial score (nSPS) is 24.8. The van der Waals surface area contributed by atoms with Crippen molar-refractivity contribution in [3.63, 3.8) is 0 Å². The van der Waals surface area contributed by atoms with Crippen molar-refractivity contribution in [2.24, 2.45) is 11.0 Å². The minimum absolute atomic E-state index is 0.00574. The van der Waals surface area contributed by atoms with Crippen LogP contribution in [0.2, 0.25) is 0 Å². The number of methoxy groups -OCH3 is 1. The molecule has 1 aliphatic carbocycles. The van der Waals surface area contributed by atoms with E-state index in [-0.39, 0.29) is 36.4 Å². The number of nitrogens with one attached hydrogen (secondary N) is 2. The predicted molar refractivity (Wildman–Crippen MR) is 115 cm³/mol. The van der Waals surface area contributed by atoms with Crippen LogP contribution in [0.4, 0.5) is 5.69 Å². The number of piperazine rings is 1. The second-order valence-electron chi connectivity index (χ2n) is 8.57. The van der Waals surface area contributed by atoms with Crippen LogP contribution < -0.4 is 10.7 Å². The van der Waals surface area contributed by atoms with E-state index in [9.17, 15) is 14.4 Å². The van der Waals surface area contributed by atoms with Crippen LogP contribution in [-0.2, 0) is 14.3 Å². The number of hydrazone groups is 1. The number of anilines is 1. The number of ether oxygens (including phenoxy) is 1. The first-order valence-electron chi connectivity index (χ1n) is 10.8. The SMILES string of the molecule is COC(=O)c1ccc(NC(=O)CN2C(=O)C3NN=C(C(C)C)N3C3CCCCC32)cc1. The lowest BCUT2D eigenvalue weighted by Crippen LogP contribution is -2.70. The molecule has 2 fully saturated rings. The molecule has 3 unspecified atom stereocenters. The quantitative estimate of drug-likeness (QED) is 0.694. The van der Waals surface area contributed by atoms with Crippen molar-refractivity contribution in [2.75, 3.05) is 19.0 Å². The third-order valence-corrected chi connectivity index (χ3v) is 6.23. The molecule has 3 aliphatic rings. The molecule has 1 saturated heterocycles. The first-order valence-corrected chi connectivity index (χ1v) is 10.8. The molecule has 1 aromatic rings. The Bertz CT molecular complexity index is 898. The number of fused-ring (bicyclic) bond motifs is 3. The van der Waals surface area contributed by atoms with Gasteiger partial charge in [-0.05, 0) is 37.1 Å². The molecule has 9 nitrogen and oxygen atoms in total. The fraction of sp³-hybridized carbons (Fsp3) is 0.545. The minimum Gasteiger partial charge on any atom is -0.465 e. The molecule has 31 heavy (non-hydrogen) atoms. The number of esters is 1. The highest BCUT2D eigenvalue weighted by Crippen LogP contribution is 2.35. The summed E-state index contributed by atoms with van der Waals surface area (Å²) in [4.78, 5) is 41.5. The van der Waals surface area contributed by atoms with E-state index < -0.39 is 12.1 Å². The Labute approximate surface area is 181 Å². The first kappa shape index (κ1) is 21.1. The molecule has 0 radical (unpaired) electrons. The number of rotatable bonds is 5. The summed E-state index contributed by atoms with van der Waals surface area (Å²) in [5.74, 6) is 0.330. The summed E-state index contributed by atoms with van der Waals surface area (Å²) < 4.78 is 4.69. The summed E-state index contributed by atoms with van der Waals surface area (Å²) in [6, 6.07) is 6.64. The third kappa shape index (κ3) is 3.96. The molecule has 2 amide bonds. The predicted octanol–water partition coefficient (Wildman–Crippen LogP) is 1.77. The van der Waals surface area contributed by atoms with Crippen molar-refractivity contribution in [3.8, 4) is 0 Å². The van der Waals surface area contributed by atoms with Crippen LogP contribution >= 0.6 is 0 Å². The fourth-order valence-electron chi connectivity index (χ4n) is 4.80. The average molecular weight is 428 g/mol. The van der Waals surface area contributed by atoms with Gasteiger partial charge in [-0.25, -0.2) is 4.79 Å². The molecule has 4 rings (SSSR count). The highest BCUT2D eigenvalue weighted by Gasteiger charge is 2.51. The van der Waals surface area contributed by atoms with E-state index in [1.165, 1.54) is 7.11 Å². The molecule has 0 spiro atoms. The van der Waals surface area contributed by atoms with Gasteiger partial charge in [0, 0.05) is 11.6 Å². The monoisotopic (exact) mass is 427 g/mol. The molecule has 2 heterocycles. The largest absolute Gasteiger partial charge is 0.465 e. The van der Waals surface area contributed by atoms with Gasteiger partial charge in [-0.15, -0.1) is 0 Å². The Morgan fingerprint density at radius 3 is 2.52 bits per heavy atom. The van der Waals surface area contributed by atoms with Gasteiger partial charge in [0.2, 0.25) is 5.91 Å². The Morgan fingerprint density at radius 2 is 1.87 bits per heavy atom. The summed E-state index contributed by atoms with van der Waals surface area (Å²) >= 11 is 0. The molecular weight excluding hydrogens is 398 g/mol. The van der Waals surface area contributed by atoms with Gasteiger partial charge < -0.3 is 19.9 Å². The highest BCUT2D eigenvalue weighted by atomic mass is 16.5. The molecule has 2 N–H and O–H groups in total. The molecule has 9 heteroatoms. The molecule has 1 saturated carbocycles. The number of benzene rings is 1. The Kier molecular flexibility index (Phi) is 5.84. The summed E-state index contributed by atoms with van der Waals surface area (Å²) in [6.45, 7) is 4.15. The van der Waals surface area contributed by atoms with Gasteiger partial charge >= 0.3 is 5.97 Å². The zero-order chi connectivity index (χ0) is 22.1. The fourth-order valence-corrected chi connectivity index (χ4v) is 4.80. The number of carbonyl (C=O) groups excluding carboxylic acids is 3. The lowest BCUT2D eigenvalue weighted by atomic mass is 9.85. The van der Waals surface area contributed by atoms with E-state index in [0.717, 1.165) is 31.5 Å². The lowest BCUT2D eigenvalue weighted by molar-refractivity contribution is -0.151. The van der Waals surface area contributed by atoms with Crippen LogP contribution in [-0.4, -0.2) is 65.3 Å². The van der Waals surface area contributed by atoms with Gasteiger partial charge in [0.15, 0.2) is 6.17 Å². The van der Waals surface area contributed by atoms with Crippen LogP contribution in [0, 0.1) is 5.92 Å². The second-order valence-corrected chi connectivity index (χ2v) is 8.57. The number of amides is 2. The van der Waals surface area contributed by atoms with Gasteiger partial charge in [-0.1, -0.05) is 26.7 Å². The maximum atomic E-state index is 13.3. The summed E-state index contributed by atoms with van der Waals surface area (Å²) in [5, 5.41) is 7.27. The van der Waals surface area contributed by atoms with Crippen LogP contribution in [0.1, 0.15) is 49.9 Å². The first-order chi connectivity index (χ1) is 14.9. The summed E-state index contributed by atoms with van der Waals surface area (Å²) in [7, 11) is 1.32. The Balaban J connectivity index is 1.47. The van der Waals surface area contributed by atoms with E-state index in [4.69, 9.17) is 0 Å². The van der Waals surface area contributed by atoms with Crippen LogP contribution in [0.15, 0.2) is 29.4 Å². The van der Waals surface area contributed by atoms with Crippen LogP contribution in [0.25, 0.3) is 0 Å². The standard InChI is InChI=1S/C22H29N5O4/c1-13(2)19-24-25-20-21(29)26(16-6-4-5-7-17(16)27(19)20)12-18(28)23-15-10-8-14(9-11-15)22(30)31-3/h8-11,13,16-17,20,25H,4-7,12H2,1-3H3,(H,23,28). The molecule has 166 valence electrons. The molecule has 0 bridgehead atoms. The van der Waals surface area contributed by atoms with Gasteiger partial charge in [0.25, 0.3) is 5.91 Å². The Hall–Kier alpha value is -3.10. The number of hydrogen-bond donors (Lipinski definition) is 2. The van der Waals surface area contributed by atoms with Gasteiger partial charge in [-0.2, -0.15) is 5.10 Å². The summed E-state index contributed by atoms with van der Waals surface area (Å²) in [6.07, 6.45) is 3.48. The van der Waals surface area contributed by atoms with Crippen molar-refractivity contribution < 1.29 is 19.1 Å². The Morgan fingerprint density at radius 1 is 1.19 bits per heavy atom. The van der Waals surface area contributed by atoms with Crippen LogP contribution in [0.3, 0.4) is 0 Å². The molecule has 2 aliphatic heterocycles. The van der Waals surface area contributed by atoms with Gasteiger partial charge in [-0.3, -0.25) is 15.0 Å². The van der Waals surface area contributed by atoms with Crippen molar-refractivity contribution in [3.05, 3.63) is 29.8 Å². The van der Waals surface area contributed by atoms with Crippen LogP contribution in [0.5, 0.6) is 0 Å². The summed E-state index contributed by atoms with van der Waals surface area (Å²) in [5.41, 5.74) is 3.97. The zero-order valence-corrected chi connectivity index (χ0v) is 18.1. The number of amidine groups is 1. The second kappa shape index (κ2) is 8.56. The van der Waals surface area contributed by atoms with E-state index in [2.05, 4.69) is 39.3 Å². The molecular formula is C22H29N5O4. The van der Waals surface area contributed by atoms with Crippen molar-refractivity contribution in [2.45, 2.75) is 57.8 Å².